The summed E-state index contributed by atoms with van der Waals surface area (Å²) in [4.78, 5) is -0.311. The van der Waals surface area contributed by atoms with Gasteiger partial charge in [0.25, 0.3) is 0 Å². The second-order valence-electron chi connectivity index (χ2n) is 6.71. The van der Waals surface area contributed by atoms with E-state index in [1.54, 1.807) is 16.4 Å². The molecule has 0 saturated heterocycles. The second kappa shape index (κ2) is 7.54. The molecule has 1 aliphatic rings. The maximum absolute atomic E-state index is 14.2. The van der Waals surface area contributed by atoms with Crippen LogP contribution in [0.5, 0.6) is 0 Å². The van der Waals surface area contributed by atoms with Gasteiger partial charge in [-0.3, -0.25) is 4.68 Å². The number of thioether (sulfide) groups is 1. The van der Waals surface area contributed by atoms with Crippen molar-refractivity contribution in [1.82, 2.24) is 28.9 Å². The highest BCUT2D eigenvalue weighted by Gasteiger charge is 2.34. The maximum Gasteiger partial charge on any atom is 0.246 e. The molecular weight excluding hydrogens is 415 g/mol. The predicted octanol–water partition coefficient (Wildman–Crippen LogP) is 2.21. The molecule has 0 radical (unpaired) electrons. The Kier molecular flexibility index (Phi) is 5.21. The number of halogens is 1. The third kappa shape index (κ3) is 3.36. The summed E-state index contributed by atoms with van der Waals surface area (Å²) >= 11 is 1.57. The number of benzene rings is 1. The van der Waals surface area contributed by atoms with Crippen LogP contribution >= 0.6 is 11.8 Å². The third-order valence-electron chi connectivity index (χ3n) is 4.98. The molecule has 0 fully saturated rings. The Hall–Kier alpha value is -2.24. The Labute approximate surface area is 172 Å². The largest absolute Gasteiger partial charge is 0.304 e. The molecule has 0 amide bonds. The van der Waals surface area contributed by atoms with E-state index in [1.165, 1.54) is 22.5 Å². The van der Waals surface area contributed by atoms with Gasteiger partial charge in [-0.05, 0) is 17.9 Å². The minimum absolute atomic E-state index is 0.109. The van der Waals surface area contributed by atoms with E-state index in [4.69, 9.17) is 0 Å². The molecule has 154 valence electrons. The van der Waals surface area contributed by atoms with E-state index in [0.717, 1.165) is 28.2 Å². The summed E-state index contributed by atoms with van der Waals surface area (Å²) in [6.07, 6.45) is 0.487. The lowest BCUT2D eigenvalue weighted by atomic mass is 10.1. The van der Waals surface area contributed by atoms with E-state index in [1.807, 2.05) is 25.6 Å². The van der Waals surface area contributed by atoms with E-state index in [9.17, 15) is 12.8 Å². The molecule has 2 aromatic heterocycles. The van der Waals surface area contributed by atoms with Crippen molar-refractivity contribution in [2.45, 2.75) is 29.9 Å². The molecule has 3 heterocycles. The number of rotatable bonds is 5. The average Bonchev–Trinajstić information content (AvgIpc) is 3.22. The molecule has 4 rings (SSSR count). The number of sulfonamides is 1. The molecule has 0 atom stereocenters. The summed E-state index contributed by atoms with van der Waals surface area (Å²) in [7, 11) is -0.263. The molecule has 0 N–H and O–H groups in total. The number of hydrogen-bond donors (Lipinski definition) is 0. The zero-order valence-corrected chi connectivity index (χ0v) is 18.0. The van der Waals surface area contributed by atoms with Crippen LogP contribution < -0.4 is 0 Å². The Bertz CT molecular complexity index is 1170. The van der Waals surface area contributed by atoms with E-state index >= 15 is 0 Å². The Morgan fingerprint density at radius 1 is 1.21 bits per heavy atom. The van der Waals surface area contributed by atoms with E-state index < -0.39 is 15.8 Å². The summed E-state index contributed by atoms with van der Waals surface area (Å²) < 4.78 is 45.2. The summed E-state index contributed by atoms with van der Waals surface area (Å²) in [6.45, 7) is 2.41. The van der Waals surface area contributed by atoms with E-state index in [-0.39, 0.29) is 18.0 Å². The first-order valence-electron chi connectivity index (χ1n) is 9.16. The lowest BCUT2D eigenvalue weighted by molar-refractivity contribution is 0.383. The average molecular weight is 437 g/mol. The van der Waals surface area contributed by atoms with Crippen LogP contribution in [0.1, 0.15) is 18.2 Å². The Morgan fingerprint density at radius 2 is 1.97 bits per heavy atom. The van der Waals surface area contributed by atoms with Crippen LogP contribution in [0.2, 0.25) is 0 Å². The van der Waals surface area contributed by atoms with Crippen molar-refractivity contribution >= 4 is 21.8 Å². The molecule has 0 spiro atoms. The lowest BCUT2D eigenvalue weighted by Gasteiger charge is -2.27. The van der Waals surface area contributed by atoms with Crippen LogP contribution in [0.15, 0.2) is 34.3 Å². The fourth-order valence-corrected chi connectivity index (χ4v) is 5.63. The van der Waals surface area contributed by atoms with Crippen LogP contribution in [0.3, 0.4) is 0 Å². The van der Waals surface area contributed by atoms with Crippen LogP contribution in [0.25, 0.3) is 11.5 Å². The first-order valence-corrected chi connectivity index (χ1v) is 11.6. The van der Waals surface area contributed by atoms with E-state index in [2.05, 4.69) is 15.3 Å². The van der Waals surface area contributed by atoms with Gasteiger partial charge in [-0.25, -0.2) is 12.8 Å². The molecular formula is C18H21FN6O2S2. The molecule has 8 nitrogen and oxygen atoms in total. The van der Waals surface area contributed by atoms with Gasteiger partial charge in [-0.15, -0.1) is 10.2 Å². The number of fused-ring (bicyclic) bond motifs is 1. The van der Waals surface area contributed by atoms with Gasteiger partial charge in [-0.1, -0.05) is 30.8 Å². The van der Waals surface area contributed by atoms with Gasteiger partial charge in [-0.2, -0.15) is 9.40 Å². The quantitative estimate of drug-likeness (QED) is 0.570. The minimum atomic E-state index is -3.96. The first kappa shape index (κ1) is 20.0. The zero-order chi connectivity index (χ0) is 20.8. The number of aryl methyl sites for hydroxylation is 1. The smallest absolute Gasteiger partial charge is 0.246 e. The molecule has 0 aliphatic carbocycles. The monoisotopic (exact) mass is 436 g/mol. The van der Waals surface area contributed by atoms with Crippen molar-refractivity contribution in [3.63, 3.8) is 0 Å². The molecule has 1 aromatic carbocycles. The minimum Gasteiger partial charge on any atom is -0.304 e. The second-order valence-corrected chi connectivity index (χ2v) is 9.85. The third-order valence-corrected chi connectivity index (χ3v) is 7.76. The Morgan fingerprint density at radius 3 is 2.69 bits per heavy atom. The lowest BCUT2D eigenvalue weighted by Crippen LogP contribution is -2.36. The van der Waals surface area contributed by atoms with Gasteiger partial charge in [0.2, 0.25) is 10.0 Å². The normalized spacial score (nSPS) is 14.9. The fourth-order valence-electron chi connectivity index (χ4n) is 3.52. The molecule has 3 aromatic rings. The van der Waals surface area contributed by atoms with Crippen molar-refractivity contribution < 1.29 is 12.8 Å². The van der Waals surface area contributed by atoms with Gasteiger partial charge in [0.05, 0.1) is 0 Å². The molecule has 0 unspecified atom stereocenters. The molecule has 29 heavy (non-hydrogen) atoms. The highest BCUT2D eigenvalue weighted by Crippen LogP contribution is 2.32. The van der Waals surface area contributed by atoms with Crippen molar-refractivity contribution in [1.29, 1.82) is 0 Å². The highest BCUT2D eigenvalue weighted by molar-refractivity contribution is 7.99. The van der Waals surface area contributed by atoms with Gasteiger partial charge >= 0.3 is 0 Å². The Balaban J connectivity index is 1.74. The van der Waals surface area contributed by atoms with Crippen molar-refractivity contribution in [2.24, 2.45) is 14.1 Å². The van der Waals surface area contributed by atoms with Gasteiger partial charge in [0.1, 0.15) is 16.4 Å². The molecule has 0 saturated carbocycles. The molecule has 11 heteroatoms. The van der Waals surface area contributed by atoms with Crippen molar-refractivity contribution in [2.75, 3.05) is 12.3 Å². The first-order chi connectivity index (χ1) is 13.8. The highest BCUT2D eigenvalue weighted by atomic mass is 32.2. The summed E-state index contributed by atoms with van der Waals surface area (Å²) in [5.74, 6) is 0.697. The van der Waals surface area contributed by atoms with Gasteiger partial charge in [0.15, 0.2) is 11.0 Å². The van der Waals surface area contributed by atoms with Crippen LogP contribution in [-0.4, -0.2) is 49.6 Å². The summed E-state index contributed by atoms with van der Waals surface area (Å²) in [6, 6.07) is 5.45. The summed E-state index contributed by atoms with van der Waals surface area (Å²) in [5.41, 5.74) is 2.34. The number of nitrogens with zero attached hydrogens (tertiary/aromatic N) is 6. The predicted molar refractivity (Wildman–Crippen MR) is 107 cm³/mol. The van der Waals surface area contributed by atoms with Gasteiger partial charge < -0.3 is 4.57 Å². The van der Waals surface area contributed by atoms with Crippen LogP contribution in [0, 0.1) is 5.82 Å². The SMILES string of the molecule is CCSc1nnc(-c2nn(C)c3c2CN(S(=O)(=O)c2ccccc2F)CC3)n1C. The topological polar surface area (TPSA) is 85.9 Å². The van der Waals surface area contributed by atoms with Crippen molar-refractivity contribution in [3.05, 3.63) is 41.3 Å². The maximum atomic E-state index is 14.2. The van der Waals surface area contributed by atoms with Crippen LogP contribution in [0.4, 0.5) is 4.39 Å². The zero-order valence-electron chi connectivity index (χ0n) is 16.3. The molecule has 1 aliphatic heterocycles. The summed E-state index contributed by atoms with van der Waals surface area (Å²) in [5, 5.41) is 13.8. The van der Waals surface area contributed by atoms with Crippen LogP contribution in [-0.2, 0) is 37.1 Å². The number of hydrogen-bond acceptors (Lipinski definition) is 6. The number of aromatic nitrogens is 5. The van der Waals surface area contributed by atoms with E-state index in [0.29, 0.717) is 17.9 Å². The molecule has 0 bridgehead atoms. The fraction of sp³-hybridized carbons (Fsp3) is 0.389. The van der Waals surface area contributed by atoms with Gasteiger partial charge in [0, 0.05) is 44.9 Å². The standard InChI is InChI=1S/C18H21FN6O2S2/c1-4-28-18-21-20-17(23(18)2)16-12-11-25(10-9-14(12)24(3)22-16)29(26,27)15-8-6-5-7-13(15)19/h5-8H,4,9-11H2,1-3H3. The van der Waals surface area contributed by atoms with Crippen molar-refractivity contribution in [3.8, 4) is 11.5 Å².